The molecule has 2 rings (SSSR count). The first-order valence-corrected chi connectivity index (χ1v) is 5.53. The van der Waals surface area contributed by atoms with Crippen molar-refractivity contribution in [2.45, 2.75) is 26.4 Å². The van der Waals surface area contributed by atoms with Gasteiger partial charge < -0.3 is 5.73 Å². The molecule has 0 fully saturated rings. The van der Waals surface area contributed by atoms with Gasteiger partial charge in [0.2, 0.25) is 0 Å². The van der Waals surface area contributed by atoms with Gasteiger partial charge in [-0.25, -0.2) is 9.07 Å². The Balaban J connectivity index is 2.40. The maximum absolute atomic E-state index is 13.8. The van der Waals surface area contributed by atoms with E-state index in [1.165, 1.54) is 6.07 Å². The van der Waals surface area contributed by atoms with Crippen LogP contribution in [0.4, 0.5) is 4.39 Å². The van der Waals surface area contributed by atoms with Crippen LogP contribution >= 0.6 is 0 Å². The molecule has 1 heterocycles. The van der Waals surface area contributed by atoms with Crippen LogP contribution in [-0.4, -0.2) is 15.0 Å². The fourth-order valence-corrected chi connectivity index (χ4v) is 1.80. The van der Waals surface area contributed by atoms with Crippen LogP contribution in [-0.2, 0) is 6.54 Å². The third-order valence-electron chi connectivity index (χ3n) is 2.76. The second kappa shape index (κ2) is 4.63. The summed E-state index contributed by atoms with van der Waals surface area (Å²) in [5.74, 6) is -0.290. The first-order chi connectivity index (χ1) is 8.13. The van der Waals surface area contributed by atoms with E-state index in [9.17, 15) is 4.39 Å². The lowest BCUT2D eigenvalue weighted by Gasteiger charge is -2.13. The molecule has 5 heteroatoms. The van der Waals surface area contributed by atoms with Crippen LogP contribution in [0.15, 0.2) is 24.4 Å². The predicted octanol–water partition coefficient (Wildman–Crippen LogP) is 1.79. The zero-order valence-corrected chi connectivity index (χ0v) is 9.89. The molecule has 0 bridgehead atoms. The lowest BCUT2D eigenvalue weighted by molar-refractivity contribution is 0.559. The first kappa shape index (κ1) is 11.7. The van der Waals surface area contributed by atoms with Crippen LogP contribution in [0.3, 0.4) is 0 Å². The number of nitrogens with zero attached hydrogens (tertiary/aromatic N) is 3. The minimum Gasteiger partial charge on any atom is -0.319 e. The van der Waals surface area contributed by atoms with E-state index in [0.717, 1.165) is 11.3 Å². The van der Waals surface area contributed by atoms with E-state index in [4.69, 9.17) is 5.73 Å². The smallest absolute Gasteiger partial charge is 0.128 e. The molecule has 0 aliphatic carbocycles. The average Bonchev–Trinajstić information content (AvgIpc) is 2.76. The molecule has 0 saturated carbocycles. The van der Waals surface area contributed by atoms with Crippen LogP contribution in [0.2, 0.25) is 0 Å². The number of hydrogen-bond donors (Lipinski definition) is 1. The summed E-state index contributed by atoms with van der Waals surface area (Å²) in [4.78, 5) is 0. The van der Waals surface area contributed by atoms with Crippen molar-refractivity contribution in [3.8, 4) is 0 Å². The zero-order valence-electron chi connectivity index (χ0n) is 9.89. The number of aryl methyl sites for hydroxylation is 2. The highest BCUT2D eigenvalue weighted by Crippen LogP contribution is 2.22. The molecule has 0 aliphatic rings. The molecule has 2 N–H and O–H groups in total. The van der Waals surface area contributed by atoms with Crippen molar-refractivity contribution < 1.29 is 4.39 Å². The molecule has 0 radical (unpaired) electrons. The lowest BCUT2D eigenvalue weighted by Crippen LogP contribution is -2.18. The summed E-state index contributed by atoms with van der Waals surface area (Å²) in [7, 11) is 0. The van der Waals surface area contributed by atoms with E-state index in [2.05, 4.69) is 10.3 Å². The van der Waals surface area contributed by atoms with Crippen molar-refractivity contribution in [2.75, 3.05) is 0 Å². The van der Waals surface area contributed by atoms with Crippen molar-refractivity contribution in [3.63, 3.8) is 0 Å². The van der Waals surface area contributed by atoms with Gasteiger partial charge in [0.15, 0.2) is 0 Å². The predicted molar refractivity (Wildman–Crippen MR) is 62.9 cm³/mol. The standard InChI is InChI=1S/C12H15FN4/c1-3-17-11(7-15-16-17)12(14)9-5-4-8(2)6-10(9)13/h4-7,12H,3,14H2,1-2H3. The summed E-state index contributed by atoms with van der Waals surface area (Å²) in [5, 5.41) is 7.69. The van der Waals surface area contributed by atoms with E-state index in [1.54, 1.807) is 16.9 Å². The van der Waals surface area contributed by atoms with Crippen LogP contribution < -0.4 is 5.73 Å². The molecule has 1 unspecified atom stereocenters. The molecule has 0 aliphatic heterocycles. The number of hydrogen-bond acceptors (Lipinski definition) is 3. The van der Waals surface area contributed by atoms with E-state index < -0.39 is 6.04 Å². The number of aromatic nitrogens is 3. The van der Waals surface area contributed by atoms with E-state index in [-0.39, 0.29) is 5.82 Å². The molecule has 1 aromatic carbocycles. The molecule has 4 nitrogen and oxygen atoms in total. The zero-order chi connectivity index (χ0) is 12.4. The largest absolute Gasteiger partial charge is 0.319 e. The average molecular weight is 234 g/mol. The van der Waals surface area contributed by atoms with E-state index >= 15 is 0 Å². The van der Waals surface area contributed by atoms with E-state index in [0.29, 0.717) is 12.1 Å². The minimum atomic E-state index is -0.537. The Hall–Kier alpha value is -1.75. The van der Waals surface area contributed by atoms with Gasteiger partial charge in [0.05, 0.1) is 17.9 Å². The maximum Gasteiger partial charge on any atom is 0.128 e. The van der Waals surface area contributed by atoms with Gasteiger partial charge in [-0.3, -0.25) is 0 Å². The minimum absolute atomic E-state index is 0.290. The molecular formula is C12H15FN4. The van der Waals surface area contributed by atoms with Gasteiger partial charge in [-0.2, -0.15) is 0 Å². The van der Waals surface area contributed by atoms with Crippen molar-refractivity contribution in [2.24, 2.45) is 5.73 Å². The number of nitrogens with two attached hydrogens (primary N) is 1. The highest BCUT2D eigenvalue weighted by molar-refractivity contribution is 5.30. The van der Waals surface area contributed by atoms with Crippen LogP contribution in [0.25, 0.3) is 0 Å². The van der Waals surface area contributed by atoms with Gasteiger partial charge in [-0.1, -0.05) is 17.3 Å². The molecule has 0 saturated heterocycles. The van der Waals surface area contributed by atoms with Gasteiger partial charge in [-0.05, 0) is 25.5 Å². The molecule has 2 aromatic rings. The summed E-state index contributed by atoms with van der Waals surface area (Å²) in [6, 6.07) is 4.50. The summed E-state index contributed by atoms with van der Waals surface area (Å²) < 4.78 is 15.5. The van der Waals surface area contributed by atoms with Crippen LogP contribution in [0.5, 0.6) is 0 Å². The van der Waals surface area contributed by atoms with Gasteiger partial charge in [-0.15, -0.1) is 5.10 Å². The maximum atomic E-state index is 13.8. The first-order valence-electron chi connectivity index (χ1n) is 5.53. The Labute approximate surface area is 99.2 Å². The highest BCUT2D eigenvalue weighted by Gasteiger charge is 2.17. The topological polar surface area (TPSA) is 56.7 Å². The highest BCUT2D eigenvalue weighted by atomic mass is 19.1. The number of rotatable bonds is 3. The third-order valence-corrected chi connectivity index (χ3v) is 2.76. The van der Waals surface area contributed by atoms with Crippen molar-refractivity contribution in [1.82, 2.24) is 15.0 Å². The normalized spacial score (nSPS) is 12.7. The summed E-state index contributed by atoms with van der Waals surface area (Å²) >= 11 is 0. The van der Waals surface area contributed by atoms with E-state index in [1.807, 2.05) is 19.9 Å². The number of halogens is 1. The molecule has 17 heavy (non-hydrogen) atoms. The molecule has 1 aromatic heterocycles. The van der Waals surface area contributed by atoms with Gasteiger partial charge in [0.25, 0.3) is 0 Å². The quantitative estimate of drug-likeness (QED) is 0.880. The van der Waals surface area contributed by atoms with Crippen molar-refractivity contribution in [3.05, 3.63) is 47.0 Å². The Bertz CT molecular complexity index is 521. The van der Waals surface area contributed by atoms with Crippen LogP contribution in [0, 0.1) is 12.7 Å². The van der Waals surface area contributed by atoms with Crippen molar-refractivity contribution >= 4 is 0 Å². The summed E-state index contributed by atoms with van der Waals surface area (Å²) in [6.45, 7) is 4.45. The Kier molecular flexibility index (Phi) is 3.19. The SMILES string of the molecule is CCn1nncc1C(N)c1ccc(C)cc1F. The third kappa shape index (κ3) is 2.19. The summed E-state index contributed by atoms with van der Waals surface area (Å²) in [6.07, 6.45) is 1.58. The molecular weight excluding hydrogens is 219 g/mol. The molecule has 0 amide bonds. The summed E-state index contributed by atoms with van der Waals surface area (Å²) in [5.41, 5.74) is 8.11. The van der Waals surface area contributed by atoms with Gasteiger partial charge >= 0.3 is 0 Å². The Morgan fingerprint density at radius 1 is 1.47 bits per heavy atom. The Morgan fingerprint density at radius 3 is 2.88 bits per heavy atom. The van der Waals surface area contributed by atoms with Gasteiger partial charge in [0, 0.05) is 12.1 Å². The lowest BCUT2D eigenvalue weighted by atomic mass is 10.0. The van der Waals surface area contributed by atoms with Gasteiger partial charge in [0.1, 0.15) is 5.82 Å². The van der Waals surface area contributed by atoms with Crippen LogP contribution in [0.1, 0.15) is 29.8 Å². The monoisotopic (exact) mass is 234 g/mol. The second-order valence-electron chi connectivity index (χ2n) is 3.98. The van der Waals surface area contributed by atoms with Crippen molar-refractivity contribution in [1.29, 1.82) is 0 Å². The molecule has 0 spiro atoms. The molecule has 1 atom stereocenters. The molecule has 90 valence electrons. The Morgan fingerprint density at radius 2 is 2.24 bits per heavy atom. The fourth-order valence-electron chi connectivity index (χ4n) is 1.80. The fraction of sp³-hybridized carbons (Fsp3) is 0.333. The second-order valence-corrected chi connectivity index (χ2v) is 3.98. The number of benzene rings is 1.